The molecule has 0 amide bonds. The maximum Gasteiger partial charge on any atom is 0.0368 e. The van der Waals surface area contributed by atoms with E-state index in [9.17, 15) is 0 Å². The van der Waals surface area contributed by atoms with Gasteiger partial charge in [0.1, 0.15) is 0 Å². The van der Waals surface area contributed by atoms with Crippen LogP contribution in [-0.4, -0.2) is 19.1 Å². The molecule has 0 aromatic heterocycles. The fraction of sp³-hybridized carbons (Fsp3) is 0.647. The van der Waals surface area contributed by atoms with E-state index >= 15 is 0 Å². The van der Waals surface area contributed by atoms with Gasteiger partial charge in [0.15, 0.2) is 0 Å². The molecule has 1 aliphatic rings. The van der Waals surface area contributed by atoms with Gasteiger partial charge in [0, 0.05) is 24.3 Å². The fourth-order valence-corrected chi connectivity index (χ4v) is 3.30. The Morgan fingerprint density at radius 1 is 1.21 bits per heavy atom. The lowest BCUT2D eigenvalue weighted by Gasteiger charge is -2.25. The predicted octanol–water partition coefficient (Wildman–Crippen LogP) is 3.98. The fourth-order valence-electron chi connectivity index (χ4n) is 3.30. The third-order valence-corrected chi connectivity index (χ3v) is 4.27. The smallest absolute Gasteiger partial charge is 0.0368 e. The van der Waals surface area contributed by atoms with Gasteiger partial charge in [0.25, 0.3) is 0 Å². The van der Waals surface area contributed by atoms with Crippen molar-refractivity contribution in [3.8, 4) is 0 Å². The number of nitrogens with one attached hydrogen (secondary N) is 1. The third kappa shape index (κ3) is 3.30. The van der Waals surface area contributed by atoms with Crippen LogP contribution in [0.3, 0.4) is 0 Å². The standard InChI is InChI=1S/C17H28N2/c1-5-17(18-6-2)15-7-9-16(10-8-15)19-12-13(3)11-14(19)4/h7-10,13-14,17-18H,5-6,11-12H2,1-4H3. The van der Waals surface area contributed by atoms with E-state index in [0.717, 1.165) is 18.9 Å². The first-order chi connectivity index (χ1) is 9.15. The van der Waals surface area contributed by atoms with Gasteiger partial charge in [0.2, 0.25) is 0 Å². The normalized spacial score (nSPS) is 24.7. The summed E-state index contributed by atoms with van der Waals surface area (Å²) in [5, 5.41) is 3.54. The number of nitrogens with zero attached hydrogens (tertiary/aromatic N) is 1. The molecular formula is C17H28N2. The van der Waals surface area contributed by atoms with Gasteiger partial charge in [-0.1, -0.05) is 32.9 Å². The van der Waals surface area contributed by atoms with E-state index in [-0.39, 0.29) is 0 Å². The van der Waals surface area contributed by atoms with Crippen molar-refractivity contribution in [1.29, 1.82) is 0 Å². The van der Waals surface area contributed by atoms with Crippen molar-refractivity contribution in [3.63, 3.8) is 0 Å². The minimum absolute atomic E-state index is 0.494. The number of hydrogen-bond donors (Lipinski definition) is 1. The van der Waals surface area contributed by atoms with Crippen LogP contribution in [0.15, 0.2) is 24.3 Å². The lowest BCUT2D eigenvalue weighted by Crippen LogP contribution is -2.26. The molecule has 3 atom stereocenters. The van der Waals surface area contributed by atoms with E-state index in [4.69, 9.17) is 0 Å². The summed E-state index contributed by atoms with van der Waals surface area (Å²) in [7, 11) is 0. The van der Waals surface area contributed by atoms with Crippen molar-refractivity contribution in [2.45, 2.75) is 52.6 Å². The maximum atomic E-state index is 3.54. The molecule has 1 aromatic carbocycles. The highest BCUT2D eigenvalue weighted by atomic mass is 15.2. The van der Waals surface area contributed by atoms with E-state index < -0.39 is 0 Å². The van der Waals surface area contributed by atoms with E-state index in [0.29, 0.717) is 12.1 Å². The molecule has 106 valence electrons. The van der Waals surface area contributed by atoms with E-state index in [1.165, 1.54) is 24.2 Å². The molecule has 19 heavy (non-hydrogen) atoms. The molecule has 0 aliphatic carbocycles. The largest absolute Gasteiger partial charge is 0.369 e. The van der Waals surface area contributed by atoms with Gasteiger partial charge in [-0.2, -0.15) is 0 Å². The number of rotatable bonds is 5. The molecule has 2 nitrogen and oxygen atoms in total. The Morgan fingerprint density at radius 2 is 1.89 bits per heavy atom. The Labute approximate surface area is 118 Å². The van der Waals surface area contributed by atoms with Crippen LogP contribution in [0.4, 0.5) is 5.69 Å². The van der Waals surface area contributed by atoms with Gasteiger partial charge in [-0.3, -0.25) is 0 Å². The van der Waals surface area contributed by atoms with Crippen molar-refractivity contribution in [2.24, 2.45) is 5.92 Å². The minimum atomic E-state index is 0.494. The second kappa shape index (κ2) is 6.42. The average molecular weight is 260 g/mol. The summed E-state index contributed by atoms with van der Waals surface area (Å²) in [6.45, 7) is 11.3. The summed E-state index contributed by atoms with van der Waals surface area (Å²) < 4.78 is 0. The molecular weight excluding hydrogens is 232 g/mol. The first-order valence-electron chi connectivity index (χ1n) is 7.75. The van der Waals surface area contributed by atoms with Crippen LogP contribution in [0.1, 0.15) is 52.1 Å². The minimum Gasteiger partial charge on any atom is -0.369 e. The van der Waals surface area contributed by atoms with Crippen molar-refractivity contribution >= 4 is 5.69 Å². The number of hydrogen-bond acceptors (Lipinski definition) is 2. The number of benzene rings is 1. The first kappa shape index (κ1) is 14.4. The molecule has 2 rings (SSSR count). The lowest BCUT2D eigenvalue weighted by atomic mass is 10.0. The maximum absolute atomic E-state index is 3.54. The Bertz CT molecular complexity index is 385. The first-order valence-corrected chi connectivity index (χ1v) is 7.75. The van der Waals surface area contributed by atoms with Crippen molar-refractivity contribution in [1.82, 2.24) is 5.32 Å². The Balaban J connectivity index is 2.09. The molecule has 0 spiro atoms. The van der Waals surface area contributed by atoms with Crippen LogP contribution in [-0.2, 0) is 0 Å². The van der Waals surface area contributed by atoms with E-state index in [1.807, 2.05) is 0 Å². The Morgan fingerprint density at radius 3 is 2.37 bits per heavy atom. The molecule has 1 saturated heterocycles. The van der Waals surface area contributed by atoms with Gasteiger partial charge in [-0.15, -0.1) is 0 Å². The van der Waals surface area contributed by atoms with Gasteiger partial charge >= 0.3 is 0 Å². The molecule has 0 radical (unpaired) electrons. The zero-order valence-electron chi connectivity index (χ0n) is 12.8. The molecule has 0 bridgehead atoms. The second-order valence-corrected chi connectivity index (χ2v) is 5.95. The lowest BCUT2D eigenvalue weighted by molar-refractivity contribution is 0.537. The Kier molecular flexibility index (Phi) is 4.87. The van der Waals surface area contributed by atoms with Crippen LogP contribution < -0.4 is 10.2 Å². The summed E-state index contributed by atoms with van der Waals surface area (Å²) in [6.07, 6.45) is 2.46. The van der Waals surface area contributed by atoms with Gasteiger partial charge in [-0.25, -0.2) is 0 Å². The van der Waals surface area contributed by atoms with E-state index in [1.54, 1.807) is 0 Å². The average Bonchev–Trinajstić information content (AvgIpc) is 2.75. The topological polar surface area (TPSA) is 15.3 Å². The second-order valence-electron chi connectivity index (χ2n) is 5.95. The van der Waals surface area contributed by atoms with Crippen LogP contribution in [0.25, 0.3) is 0 Å². The highest BCUT2D eigenvalue weighted by molar-refractivity contribution is 5.50. The van der Waals surface area contributed by atoms with Gasteiger partial charge in [-0.05, 0) is 49.9 Å². The molecule has 1 aliphatic heterocycles. The van der Waals surface area contributed by atoms with Gasteiger partial charge < -0.3 is 10.2 Å². The molecule has 3 unspecified atom stereocenters. The zero-order valence-corrected chi connectivity index (χ0v) is 12.8. The number of anilines is 1. The van der Waals surface area contributed by atoms with Crippen LogP contribution in [0, 0.1) is 5.92 Å². The third-order valence-electron chi connectivity index (χ3n) is 4.27. The quantitative estimate of drug-likeness (QED) is 0.861. The molecule has 1 fully saturated rings. The molecule has 1 N–H and O–H groups in total. The van der Waals surface area contributed by atoms with E-state index in [2.05, 4.69) is 62.2 Å². The van der Waals surface area contributed by atoms with Gasteiger partial charge in [0.05, 0.1) is 0 Å². The monoisotopic (exact) mass is 260 g/mol. The Hall–Kier alpha value is -1.02. The summed E-state index contributed by atoms with van der Waals surface area (Å²) in [5.41, 5.74) is 2.79. The highest BCUT2D eigenvalue weighted by Crippen LogP contribution is 2.29. The summed E-state index contributed by atoms with van der Waals surface area (Å²) in [5.74, 6) is 0.819. The van der Waals surface area contributed by atoms with Crippen LogP contribution in [0.2, 0.25) is 0 Å². The van der Waals surface area contributed by atoms with Crippen molar-refractivity contribution in [3.05, 3.63) is 29.8 Å². The van der Waals surface area contributed by atoms with Crippen LogP contribution >= 0.6 is 0 Å². The molecule has 2 heteroatoms. The van der Waals surface area contributed by atoms with Crippen molar-refractivity contribution < 1.29 is 0 Å². The SMILES string of the molecule is CCNC(CC)c1ccc(N2CC(C)CC2C)cc1. The highest BCUT2D eigenvalue weighted by Gasteiger charge is 2.26. The van der Waals surface area contributed by atoms with Crippen LogP contribution in [0.5, 0.6) is 0 Å². The van der Waals surface area contributed by atoms with Crippen molar-refractivity contribution in [2.75, 3.05) is 18.0 Å². The molecule has 1 heterocycles. The summed E-state index contributed by atoms with van der Waals surface area (Å²) in [6, 6.07) is 10.3. The molecule has 1 aromatic rings. The summed E-state index contributed by atoms with van der Waals surface area (Å²) >= 11 is 0. The zero-order chi connectivity index (χ0) is 13.8. The summed E-state index contributed by atoms with van der Waals surface area (Å²) in [4.78, 5) is 2.54. The predicted molar refractivity (Wildman–Crippen MR) is 83.7 cm³/mol. The molecule has 0 saturated carbocycles.